The van der Waals surface area contributed by atoms with Crippen LogP contribution in [0.3, 0.4) is 0 Å². The first-order valence-corrected chi connectivity index (χ1v) is 5.02. The quantitative estimate of drug-likeness (QED) is 0.805. The molecule has 0 saturated heterocycles. The summed E-state index contributed by atoms with van der Waals surface area (Å²) < 4.78 is 0. The van der Waals surface area contributed by atoms with Crippen LogP contribution < -0.4 is 5.73 Å². The van der Waals surface area contributed by atoms with Crippen LogP contribution in [0, 0.1) is 6.92 Å². The molecule has 0 aliphatic carbocycles. The summed E-state index contributed by atoms with van der Waals surface area (Å²) in [6.07, 6.45) is 3.64. The number of aromatic nitrogens is 1. The summed E-state index contributed by atoms with van der Waals surface area (Å²) in [7, 11) is 0. The molecule has 76 valence electrons. The molecule has 1 aromatic heterocycles. The van der Waals surface area contributed by atoms with E-state index >= 15 is 0 Å². The Morgan fingerprint density at radius 2 is 1.93 bits per heavy atom. The Bertz CT molecular complexity index is 464. The molecule has 0 spiro atoms. The van der Waals surface area contributed by atoms with Gasteiger partial charge in [0.25, 0.3) is 0 Å². The summed E-state index contributed by atoms with van der Waals surface area (Å²) in [4.78, 5) is 4.09. The van der Waals surface area contributed by atoms with Crippen LogP contribution in [-0.4, -0.2) is 4.98 Å². The summed E-state index contributed by atoms with van der Waals surface area (Å²) in [6.45, 7) is 2.63. The van der Waals surface area contributed by atoms with Gasteiger partial charge in [0.1, 0.15) is 0 Å². The van der Waals surface area contributed by atoms with E-state index < -0.39 is 0 Å². The van der Waals surface area contributed by atoms with E-state index in [1.54, 1.807) is 6.20 Å². The van der Waals surface area contributed by atoms with Gasteiger partial charge in [-0.3, -0.25) is 4.98 Å². The van der Waals surface area contributed by atoms with Crippen LogP contribution in [0.4, 0.5) is 0 Å². The van der Waals surface area contributed by atoms with E-state index in [0.717, 1.165) is 5.56 Å². The Morgan fingerprint density at radius 1 is 1.13 bits per heavy atom. The largest absolute Gasteiger partial charge is 0.326 e. The summed E-state index contributed by atoms with van der Waals surface area (Å²) >= 11 is 0. The van der Waals surface area contributed by atoms with Crippen LogP contribution in [0.25, 0.3) is 11.1 Å². The van der Waals surface area contributed by atoms with Gasteiger partial charge < -0.3 is 5.73 Å². The minimum absolute atomic E-state index is 0.525. The topological polar surface area (TPSA) is 38.9 Å². The van der Waals surface area contributed by atoms with Gasteiger partial charge in [0, 0.05) is 18.9 Å². The lowest BCUT2D eigenvalue weighted by Gasteiger charge is -2.09. The molecule has 0 saturated carbocycles. The smallest absolute Gasteiger partial charge is 0.0318 e. The predicted molar refractivity (Wildman–Crippen MR) is 62.3 cm³/mol. The average Bonchev–Trinajstić information content (AvgIpc) is 2.30. The fourth-order valence-corrected chi connectivity index (χ4v) is 1.73. The van der Waals surface area contributed by atoms with Crippen molar-refractivity contribution in [2.75, 3.05) is 0 Å². The van der Waals surface area contributed by atoms with E-state index in [-0.39, 0.29) is 0 Å². The lowest BCUT2D eigenvalue weighted by molar-refractivity contribution is 1.05. The molecule has 15 heavy (non-hydrogen) atoms. The van der Waals surface area contributed by atoms with Gasteiger partial charge in [0.05, 0.1) is 0 Å². The minimum atomic E-state index is 0.525. The van der Waals surface area contributed by atoms with E-state index in [4.69, 9.17) is 5.73 Å². The maximum atomic E-state index is 5.70. The maximum absolute atomic E-state index is 5.70. The molecule has 0 aliphatic heterocycles. The van der Waals surface area contributed by atoms with Crippen LogP contribution >= 0.6 is 0 Å². The Kier molecular flexibility index (Phi) is 2.79. The Morgan fingerprint density at radius 3 is 2.67 bits per heavy atom. The molecule has 2 aromatic rings. The van der Waals surface area contributed by atoms with Crippen molar-refractivity contribution in [2.24, 2.45) is 5.73 Å². The molecular formula is C13H14N2. The molecule has 0 amide bonds. The van der Waals surface area contributed by atoms with Crippen LogP contribution in [0.5, 0.6) is 0 Å². The van der Waals surface area contributed by atoms with E-state index in [2.05, 4.69) is 24.0 Å². The molecule has 0 atom stereocenters. The zero-order valence-corrected chi connectivity index (χ0v) is 8.77. The van der Waals surface area contributed by atoms with Crippen LogP contribution in [0.15, 0.2) is 42.7 Å². The molecule has 2 N–H and O–H groups in total. The number of hydrogen-bond acceptors (Lipinski definition) is 2. The van der Waals surface area contributed by atoms with E-state index in [9.17, 15) is 0 Å². The molecule has 2 nitrogen and oxygen atoms in total. The number of hydrogen-bond donors (Lipinski definition) is 1. The fraction of sp³-hybridized carbons (Fsp3) is 0.154. The standard InChI is InChI=1S/C13H14N2/c1-10-4-2-3-5-12(10)13-6-7-15-9-11(13)8-14/h2-7,9H,8,14H2,1H3. The third kappa shape index (κ3) is 1.90. The van der Waals surface area contributed by atoms with Crippen molar-refractivity contribution in [3.05, 3.63) is 53.9 Å². The van der Waals surface area contributed by atoms with Crippen LogP contribution in [0.2, 0.25) is 0 Å². The van der Waals surface area contributed by atoms with Crippen LogP contribution in [0.1, 0.15) is 11.1 Å². The molecule has 1 heterocycles. The van der Waals surface area contributed by atoms with Crippen molar-refractivity contribution >= 4 is 0 Å². The van der Waals surface area contributed by atoms with E-state index in [1.165, 1.54) is 16.7 Å². The number of nitrogens with zero attached hydrogens (tertiary/aromatic N) is 1. The normalized spacial score (nSPS) is 10.3. The highest BCUT2D eigenvalue weighted by Gasteiger charge is 2.05. The Balaban J connectivity index is 2.59. The van der Waals surface area contributed by atoms with Crippen molar-refractivity contribution < 1.29 is 0 Å². The number of aryl methyl sites for hydroxylation is 1. The maximum Gasteiger partial charge on any atom is 0.0318 e. The van der Waals surface area contributed by atoms with Gasteiger partial charge >= 0.3 is 0 Å². The summed E-state index contributed by atoms with van der Waals surface area (Å²) in [6, 6.07) is 10.3. The Hall–Kier alpha value is -1.67. The summed E-state index contributed by atoms with van der Waals surface area (Å²) in [5.41, 5.74) is 10.5. The summed E-state index contributed by atoms with van der Waals surface area (Å²) in [5, 5.41) is 0. The van der Waals surface area contributed by atoms with Gasteiger partial charge in [-0.25, -0.2) is 0 Å². The molecule has 0 unspecified atom stereocenters. The highest BCUT2D eigenvalue weighted by atomic mass is 14.6. The third-order valence-electron chi connectivity index (χ3n) is 2.56. The van der Waals surface area contributed by atoms with Gasteiger partial charge in [-0.1, -0.05) is 24.3 Å². The molecule has 0 fully saturated rings. The molecule has 0 aliphatic rings. The minimum Gasteiger partial charge on any atom is -0.326 e. The SMILES string of the molecule is Cc1ccccc1-c1ccncc1CN. The van der Waals surface area contributed by atoms with Gasteiger partial charge in [0.2, 0.25) is 0 Å². The lowest BCUT2D eigenvalue weighted by atomic mass is 9.98. The zero-order valence-electron chi connectivity index (χ0n) is 8.77. The van der Waals surface area contributed by atoms with Crippen LogP contribution in [-0.2, 0) is 6.54 Å². The highest BCUT2D eigenvalue weighted by molar-refractivity contribution is 5.69. The van der Waals surface area contributed by atoms with Gasteiger partial charge in [0.15, 0.2) is 0 Å². The third-order valence-corrected chi connectivity index (χ3v) is 2.56. The summed E-state index contributed by atoms with van der Waals surface area (Å²) in [5.74, 6) is 0. The number of nitrogens with two attached hydrogens (primary N) is 1. The molecular weight excluding hydrogens is 184 g/mol. The van der Waals surface area contributed by atoms with Crippen molar-refractivity contribution in [3.8, 4) is 11.1 Å². The monoisotopic (exact) mass is 198 g/mol. The van der Waals surface area contributed by atoms with Gasteiger partial charge in [-0.15, -0.1) is 0 Å². The average molecular weight is 198 g/mol. The van der Waals surface area contributed by atoms with Crippen molar-refractivity contribution in [3.63, 3.8) is 0 Å². The van der Waals surface area contributed by atoms with Gasteiger partial charge in [-0.05, 0) is 35.2 Å². The second-order valence-corrected chi connectivity index (χ2v) is 3.55. The van der Waals surface area contributed by atoms with Crippen molar-refractivity contribution in [1.82, 2.24) is 4.98 Å². The number of pyridine rings is 1. The zero-order chi connectivity index (χ0) is 10.7. The highest BCUT2D eigenvalue weighted by Crippen LogP contribution is 2.25. The molecule has 2 rings (SSSR count). The van der Waals surface area contributed by atoms with Crippen molar-refractivity contribution in [2.45, 2.75) is 13.5 Å². The first kappa shape index (κ1) is 9.87. The predicted octanol–water partition coefficient (Wildman–Crippen LogP) is 2.52. The van der Waals surface area contributed by atoms with Crippen molar-refractivity contribution in [1.29, 1.82) is 0 Å². The second-order valence-electron chi connectivity index (χ2n) is 3.55. The second kappa shape index (κ2) is 4.24. The molecule has 0 bridgehead atoms. The molecule has 0 radical (unpaired) electrons. The van der Waals surface area contributed by atoms with Gasteiger partial charge in [-0.2, -0.15) is 0 Å². The van der Waals surface area contributed by atoms with E-state index in [1.807, 2.05) is 24.4 Å². The first-order valence-electron chi connectivity index (χ1n) is 5.02. The molecule has 1 aromatic carbocycles. The fourth-order valence-electron chi connectivity index (χ4n) is 1.73. The number of rotatable bonds is 2. The first-order chi connectivity index (χ1) is 7.33. The molecule has 2 heteroatoms. The lowest BCUT2D eigenvalue weighted by Crippen LogP contribution is -2.00. The van der Waals surface area contributed by atoms with E-state index in [0.29, 0.717) is 6.54 Å². The Labute approximate surface area is 89.8 Å². The number of benzene rings is 1.